The number of aromatic nitrogens is 3. The molecule has 6 nitrogen and oxygen atoms in total. The van der Waals surface area contributed by atoms with E-state index in [2.05, 4.69) is 20.7 Å². The molecule has 0 bridgehead atoms. The quantitative estimate of drug-likeness (QED) is 0.695. The highest BCUT2D eigenvalue weighted by atomic mass is 32.2. The predicted octanol–water partition coefficient (Wildman–Crippen LogP) is 3.69. The molecule has 0 spiro atoms. The summed E-state index contributed by atoms with van der Waals surface area (Å²) < 4.78 is 1.76. The lowest BCUT2D eigenvalue weighted by Crippen LogP contribution is -2.19. The zero-order valence-corrected chi connectivity index (χ0v) is 14.0. The average Bonchev–Trinajstić information content (AvgIpc) is 3.03. The van der Waals surface area contributed by atoms with Gasteiger partial charge >= 0.3 is 6.03 Å². The van der Waals surface area contributed by atoms with Crippen molar-refractivity contribution in [2.75, 3.05) is 16.9 Å². The van der Waals surface area contributed by atoms with Gasteiger partial charge in [-0.15, -0.1) is 11.8 Å². The fourth-order valence-corrected chi connectivity index (χ4v) is 2.55. The number of pyridine rings is 1. The molecule has 0 aliphatic heterocycles. The van der Waals surface area contributed by atoms with Gasteiger partial charge < -0.3 is 5.32 Å². The molecule has 1 aromatic carbocycles. The maximum atomic E-state index is 12.0. The van der Waals surface area contributed by atoms with Gasteiger partial charge in [0, 0.05) is 35.2 Å². The second-order valence-electron chi connectivity index (χ2n) is 5.06. The lowest BCUT2D eigenvalue weighted by Gasteiger charge is -2.06. The zero-order chi connectivity index (χ0) is 16.8. The Morgan fingerprint density at radius 1 is 1.08 bits per heavy atom. The number of thioether (sulfide) groups is 1. The summed E-state index contributed by atoms with van der Waals surface area (Å²) in [5.74, 6) is 0.502. The standard InChI is InChI=1S/C17H17N5OS/c1-24-15-4-2-14(3-5-15)19-17(23)20-16-8-11-22(21-16)12-13-6-9-18-10-7-13/h2-11H,12H2,1H3,(H2,19,20,21,23). The summed E-state index contributed by atoms with van der Waals surface area (Å²) in [4.78, 5) is 17.2. The molecule has 7 heteroatoms. The van der Waals surface area contributed by atoms with E-state index in [1.165, 1.54) is 0 Å². The SMILES string of the molecule is CSc1ccc(NC(=O)Nc2ccn(Cc3ccncc3)n2)cc1. The van der Waals surface area contributed by atoms with Gasteiger partial charge in [-0.3, -0.25) is 15.0 Å². The molecule has 0 atom stereocenters. The molecule has 0 saturated heterocycles. The van der Waals surface area contributed by atoms with Crippen molar-refractivity contribution in [3.8, 4) is 0 Å². The normalized spacial score (nSPS) is 10.4. The highest BCUT2D eigenvalue weighted by molar-refractivity contribution is 7.98. The Kier molecular flexibility index (Phi) is 5.12. The number of rotatable bonds is 5. The molecule has 0 saturated carbocycles. The molecule has 3 aromatic rings. The summed E-state index contributed by atoms with van der Waals surface area (Å²) in [5, 5.41) is 9.84. The second kappa shape index (κ2) is 7.65. The Balaban J connectivity index is 1.56. The number of carbonyl (C=O) groups is 1. The fourth-order valence-electron chi connectivity index (χ4n) is 2.14. The molecule has 2 amide bonds. The highest BCUT2D eigenvalue weighted by Gasteiger charge is 2.06. The van der Waals surface area contributed by atoms with E-state index in [9.17, 15) is 4.79 Å². The van der Waals surface area contributed by atoms with Crippen molar-refractivity contribution in [3.05, 3.63) is 66.6 Å². The summed E-state index contributed by atoms with van der Waals surface area (Å²) in [6.07, 6.45) is 7.32. The Hall–Kier alpha value is -2.80. The number of anilines is 2. The molecule has 3 rings (SSSR count). The lowest BCUT2D eigenvalue weighted by molar-refractivity contribution is 0.262. The van der Waals surface area contributed by atoms with Crippen molar-refractivity contribution in [1.29, 1.82) is 0 Å². The number of benzene rings is 1. The first-order valence-corrected chi connectivity index (χ1v) is 8.60. The topological polar surface area (TPSA) is 71.8 Å². The maximum absolute atomic E-state index is 12.0. The third-order valence-corrected chi connectivity index (χ3v) is 4.07. The van der Waals surface area contributed by atoms with Gasteiger partial charge in [0.1, 0.15) is 0 Å². The number of nitrogens with one attached hydrogen (secondary N) is 2. The van der Waals surface area contributed by atoms with Gasteiger partial charge in [-0.05, 0) is 48.2 Å². The molecule has 2 heterocycles. The summed E-state index contributed by atoms with van der Waals surface area (Å²) in [5.41, 5.74) is 1.83. The van der Waals surface area contributed by atoms with Crippen LogP contribution in [-0.4, -0.2) is 27.1 Å². The lowest BCUT2D eigenvalue weighted by atomic mass is 10.3. The van der Waals surface area contributed by atoms with Crippen molar-refractivity contribution in [3.63, 3.8) is 0 Å². The minimum Gasteiger partial charge on any atom is -0.308 e. The summed E-state index contributed by atoms with van der Waals surface area (Å²) in [6, 6.07) is 13.0. The van der Waals surface area contributed by atoms with Crippen LogP contribution in [0.25, 0.3) is 0 Å². The van der Waals surface area contributed by atoms with Crippen LogP contribution in [0.3, 0.4) is 0 Å². The van der Waals surface area contributed by atoms with Crippen LogP contribution in [0.5, 0.6) is 0 Å². The highest BCUT2D eigenvalue weighted by Crippen LogP contribution is 2.17. The van der Waals surface area contributed by atoms with Crippen molar-refractivity contribution in [2.24, 2.45) is 0 Å². The predicted molar refractivity (Wildman–Crippen MR) is 96.4 cm³/mol. The average molecular weight is 339 g/mol. The number of nitrogens with zero attached hydrogens (tertiary/aromatic N) is 3. The molecule has 2 N–H and O–H groups in total. The number of hydrogen-bond donors (Lipinski definition) is 2. The Labute approximate surface area is 144 Å². The van der Waals surface area contributed by atoms with Crippen molar-refractivity contribution < 1.29 is 4.79 Å². The minimum absolute atomic E-state index is 0.318. The second-order valence-corrected chi connectivity index (χ2v) is 5.94. The van der Waals surface area contributed by atoms with E-state index in [0.29, 0.717) is 12.4 Å². The number of hydrogen-bond acceptors (Lipinski definition) is 4. The van der Waals surface area contributed by atoms with Crippen LogP contribution in [0.2, 0.25) is 0 Å². The van der Waals surface area contributed by atoms with Gasteiger partial charge in [-0.2, -0.15) is 5.10 Å². The Bertz CT molecular complexity index is 801. The van der Waals surface area contributed by atoms with E-state index < -0.39 is 0 Å². The molecule has 0 fully saturated rings. The first kappa shape index (κ1) is 16.1. The van der Waals surface area contributed by atoms with Crippen LogP contribution in [-0.2, 0) is 6.54 Å². The van der Waals surface area contributed by atoms with Crippen LogP contribution >= 0.6 is 11.8 Å². The van der Waals surface area contributed by atoms with Crippen molar-refractivity contribution in [1.82, 2.24) is 14.8 Å². The molecule has 2 aromatic heterocycles. The van der Waals surface area contributed by atoms with Crippen molar-refractivity contribution in [2.45, 2.75) is 11.4 Å². The largest absolute Gasteiger partial charge is 0.324 e. The number of urea groups is 1. The maximum Gasteiger partial charge on any atom is 0.324 e. The first-order valence-electron chi connectivity index (χ1n) is 7.37. The molecule has 0 aliphatic rings. The molecule has 24 heavy (non-hydrogen) atoms. The number of amides is 2. The van der Waals surface area contributed by atoms with Gasteiger partial charge in [0.15, 0.2) is 5.82 Å². The first-order chi connectivity index (χ1) is 11.7. The Morgan fingerprint density at radius 2 is 1.83 bits per heavy atom. The fraction of sp³-hybridized carbons (Fsp3) is 0.118. The van der Waals surface area contributed by atoms with Gasteiger partial charge in [0.25, 0.3) is 0 Å². The summed E-state index contributed by atoms with van der Waals surface area (Å²) >= 11 is 1.66. The molecule has 0 unspecified atom stereocenters. The monoisotopic (exact) mass is 339 g/mol. The van der Waals surface area contributed by atoms with Gasteiger partial charge in [0.05, 0.1) is 6.54 Å². The van der Waals surface area contributed by atoms with E-state index in [0.717, 1.165) is 16.1 Å². The van der Waals surface area contributed by atoms with Crippen LogP contribution in [0.15, 0.2) is 66.0 Å². The van der Waals surface area contributed by atoms with Gasteiger partial charge in [-0.25, -0.2) is 4.79 Å². The smallest absolute Gasteiger partial charge is 0.308 e. The van der Waals surface area contributed by atoms with Crippen LogP contribution in [0, 0.1) is 0 Å². The van der Waals surface area contributed by atoms with E-state index in [-0.39, 0.29) is 6.03 Å². The van der Waals surface area contributed by atoms with Crippen molar-refractivity contribution >= 4 is 29.3 Å². The molecular weight excluding hydrogens is 322 g/mol. The van der Waals surface area contributed by atoms with E-state index in [4.69, 9.17) is 0 Å². The third kappa shape index (κ3) is 4.36. The van der Waals surface area contributed by atoms with E-state index in [1.54, 1.807) is 34.9 Å². The Morgan fingerprint density at radius 3 is 2.54 bits per heavy atom. The van der Waals surface area contributed by atoms with Crippen LogP contribution < -0.4 is 10.6 Å². The minimum atomic E-state index is -0.318. The van der Waals surface area contributed by atoms with E-state index >= 15 is 0 Å². The summed E-state index contributed by atoms with van der Waals surface area (Å²) in [6.45, 7) is 0.627. The van der Waals surface area contributed by atoms with Gasteiger partial charge in [-0.1, -0.05) is 0 Å². The number of carbonyl (C=O) groups excluding carboxylic acids is 1. The third-order valence-electron chi connectivity index (χ3n) is 3.32. The molecule has 0 radical (unpaired) electrons. The molecule has 122 valence electrons. The zero-order valence-electron chi connectivity index (χ0n) is 13.1. The van der Waals surface area contributed by atoms with Crippen LogP contribution in [0.1, 0.15) is 5.56 Å². The molecule has 0 aliphatic carbocycles. The molecular formula is C17H17N5OS. The summed E-state index contributed by atoms with van der Waals surface area (Å²) in [7, 11) is 0. The van der Waals surface area contributed by atoms with E-state index in [1.807, 2.05) is 48.9 Å². The van der Waals surface area contributed by atoms with Gasteiger partial charge in [0.2, 0.25) is 0 Å². The van der Waals surface area contributed by atoms with Crippen LogP contribution in [0.4, 0.5) is 16.3 Å².